The third kappa shape index (κ3) is 3.22. The summed E-state index contributed by atoms with van der Waals surface area (Å²) in [5.41, 5.74) is 1.74. The van der Waals surface area contributed by atoms with E-state index in [0.717, 1.165) is 29.5 Å². The molecular formula is C20H26N4OS. The molecule has 5 nitrogen and oxygen atoms in total. The Kier molecular flexibility index (Phi) is 4.69. The van der Waals surface area contributed by atoms with Gasteiger partial charge >= 0.3 is 0 Å². The van der Waals surface area contributed by atoms with Crippen molar-refractivity contribution in [2.75, 3.05) is 18.5 Å². The molecule has 6 heteroatoms. The molecule has 3 heterocycles. The first-order valence-electron chi connectivity index (χ1n) is 9.44. The van der Waals surface area contributed by atoms with Crippen LogP contribution in [-0.2, 0) is 6.54 Å². The Bertz CT molecular complexity index is 803. The number of pyridine rings is 1. The standard InChI is InChI=1S/C20H26N4OS/c1-13(2)19-22-15(12-26-19)11-23(3)18-17(5-4-8-21-18)20(25)24-10-14-6-7-16(24)9-14/h4-5,8,12-14,16H,6-7,9-11H2,1-3H3/t14-,16+/m0/s1. The fourth-order valence-corrected chi connectivity index (χ4v) is 5.00. The van der Waals surface area contributed by atoms with Crippen molar-refractivity contribution < 1.29 is 4.79 Å². The maximum Gasteiger partial charge on any atom is 0.257 e. The van der Waals surface area contributed by atoms with E-state index in [1.54, 1.807) is 17.5 Å². The molecule has 1 aliphatic carbocycles. The average molecular weight is 371 g/mol. The summed E-state index contributed by atoms with van der Waals surface area (Å²) < 4.78 is 0. The normalized spacial score (nSPS) is 21.6. The smallest absolute Gasteiger partial charge is 0.257 e. The number of piperidine rings is 1. The van der Waals surface area contributed by atoms with Crippen molar-refractivity contribution >= 4 is 23.1 Å². The molecule has 2 aromatic rings. The van der Waals surface area contributed by atoms with Gasteiger partial charge in [0.05, 0.1) is 22.8 Å². The van der Waals surface area contributed by atoms with Crippen molar-refractivity contribution in [1.82, 2.24) is 14.9 Å². The molecular weight excluding hydrogens is 344 g/mol. The van der Waals surface area contributed by atoms with Crippen molar-refractivity contribution in [2.45, 2.75) is 51.6 Å². The monoisotopic (exact) mass is 370 g/mol. The Morgan fingerprint density at radius 1 is 1.42 bits per heavy atom. The highest BCUT2D eigenvalue weighted by Gasteiger charge is 2.41. The van der Waals surface area contributed by atoms with Gasteiger partial charge in [0.2, 0.25) is 0 Å². The van der Waals surface area contributed by atoms with Gasteiger partial charge in [0.15, 0.2) is 0 Å². The third-order valence-electron chi connectivity index (χ3n) is 5.51. The van der Waals surface area contributed by atoms with Crippen LogP contribution in [0, 0.1) is 5.92 Å². The zero-order valence-electron chi connectivity index (χ0n) is 15.7. The van der Waals surface area contributed by atoms with Crippen LogP contribution in [0.25, 0.3) is 0 Å². The topological polar surface area (TPSA) is 49.3 Å². The van der Waals surface area contributed by atoms with E-state index in [1.165, 1.54) is 12.8 Å². The van der Waals surface area contributed by atoms with Crippen molar-refractivity contribution in [3.05, 3.63) is 40.0 Å². The lowest BCUT2D eigenvalue weighted by Gasteiger charge is -2.29. The molecule has 1 aliphatic heterocycles. The Labute approximate surface area is 159 Å². The highest BCUT2D eigenvalue weighted by atomic mass is 32.1. The van der Waals surface area contributed by atoms with Gasteiger partial charge in [0.25, 0.3) is 5.91 Å². The number of likely N-dealkylation sites (tertiary alicyclic amines) is 1. The number of anilines is 1. The van der Waals surface area contributed by atoms with Gasteiger partial charge in [0.1, 0.15) is 5.82 Å². The van der Waals surface area contributed by atoms with Gasteiger partial charge in [0, 0.05) is 37.1 Å². The minimum atomic E-state index is 0.133. The molecule has 2 aromatic heterocycles. The van der Waals surface area contributed by atoms with E-state index in [4.69, 9.17) is 4.98 Å². The van der Waals surface area contributed by atoms with E-state index >= 15 is 0 Å². The number of carbonyl (C=O) groups is 1. The number of nitrogens with zero attached hydrogens (tertiary/aromatic N) is 4. The van der Waals surface area contributed by atoms with E-state index in [1.807, 2.05) is 24.1 Å². The molecule has 0 aromatic carbocycles. The molecule has 2 bridgehead atoms. The van der Waals surface area contributed by atoms with Gasteiger partial charge in [-0.3, -0.25) is 4.79 Å². The Morgan fingerprint density at radius 3 is 2.92 bits per heavy atom. The second kappa shape index (κ2) is 6.99. The van der Waals surface area contributed by atoms with Crippen LogP contribution in [0.4, 0.5) is 5.82 Å². The second-order valence-corrected chi connectivity index (χ2v) is 8.74. The lowest BCUT2D eigenvalue weighted by atomic mass is 10.1. The molecule has 1 saturated carbocycles. The molecule has 2 fully saturated rings. The summed E-state index contributed by atoms with van der Waals surface area (Å²) in [6.45, 7) is 5.88. The minimum Gasteiger partial charge on any atom is -0.353 e. The third-order valence-corrected chi connectivity index (χ3v) is 6.71. The minimum absolute atomic E-state index is 0.133. The number of thiazole rings is 1. The van der Waals surface area contributed by atoms with E-state index in [-0.39, 0.29) is 5.91 Å². The van der Waals surface area contributed by atoms with Crippen molar-refractivity contribution in [3.8, 4) is 0 Å². The Hall–Kier alpha value is -1.95. The lowest BCUT2D eigenvalue weighted by molar-refractivity contribution is 0.0704. The van der Waals surface area contributed by atoms with Crippen LogP contribution in [0.3, 0.4) is 0 Å². The fourth-order valence-electron chi connectivity index (χ4n) is 4.17. The summed E-state index contributed by atoms with van der Waals surface area (Å²) >= 11 is 1.70. The summed E-state index contributed by atoms with van der Waals surface area (Å²) in [4.78, 5) is 26.5. The molecule has 138 valence electrons. The SMILES string of the molecule is CC(C)c1nc(CN(C)c2ncccc2C(=O)N2C[C@H]3CC[C@@H]2C3)cs1. The van der Waals surface area contributed by atoms with Crippen molar-refractivity contribution in [2.24, 2.45) is 5.92 Å². The van der Waals surface area contributed by atoms with Gasteiger partial charge < -0.3 is 9.80 Å². The van der Waals surface area contributed by atoms with Crippen LogP contribution >= 0.6 is 11.3 Å². The zero-order valence-corrected chi connectivity index (χ0v) is 16.5. The van der Waals surface area contributed by atoms with Gasteiger partial charge in [-0.15, -0.1) is 11.3 Å². The number of hydrogen-bond acceptors (Lipinski definition) is 5. The molecule has 2 atom stereocenters. The van der Waals surface area contributed by atoms with Crippen molar-refractivity contribution in [1.29, 1.82) is 0 Å². The van der Waals surface area contributed by atoms with Gasteiger partial charge in [-0.2, -0.15) is 0 Å². The van der Waals surface area contributed by atoms with Gasteiger partial charge in [-0.05, 0) is 37.3 Å². The highest BCUT2D eigenvalue weighted by molar-refractivity contribution is 7.09. The molecule has 0 radical (unpaired) electrons. The maximum atomic E-state index is 13.2. The number of rotatable bonds is 5. The molecule has 0 spiro atoms. The van der Waals surface area contributed by atoms with Gasteiger partial charge in [-0.1, -0.05) is 13.8 Å². The number of fused-ring (bicyclic) bond motifs is 2. The van der Waals surface area contributed by atoms with E-state index in [0.29, 0.717) is 30.0 Å². The number of hydrogen-bond donors (Lipinski definition) is 0. The van der Waals surface area contributed by atoms with Crippen molar-refractivity contribution in [3.63, 3.8) is 0 Å². The quantitative estimate of drug-likeness (QED) is 0.800. The van der Waals surface area contributed by atoms with E-state index in [2.05, 4.69) is 29.1 Å². The molecule has 0 N–H and O–H groups in total. The van der Waals surface area contributed by atoms with E-state index < -0.39 is 0 Å². The van der Waals surface area contributed by atoms with Crippen LogP contribution in [0.5, 0.6) is 0 Å². The van der Waals surface area contributed by atoms with E-state index in [9.17, 15) is 4.79 Å². The van der Waals surface area contributed by atoms with Crippen LogP contribution in [-0.4, -0.2) is 40.4 Å². The largest absolute Gasteiger partial charge is 0.353 e. The number of amides is 1. The summed E-state index contributed by atoms with van der Waals surface area (Å²) in [6, 6.07) is 4.20. The zero-order chi connectivity index (χ0) is 18.3. The van der Waals surface area contributed by atoms with Gasteiger partial charge in [-0.25, -0.2) is 9.97 Å². The summed E-state index contributed by atoms with van der Waals surface area (Å²) in [5, 5.41) is 3.26. The van der Waals surface area contributed by atoms with Crippen LogP contribution in [0.1, 0.15) is 60.1 Å². The summed E-state index contributed by atoms with van der Waals surface area (Å²) in [5.74, 6) is 2.02. The number of carbonyl (C=O) groups excluding carboxylic acids is 1. The maximum absolute atomic E-state index is 13.2. The number of aromatic nitrogens is 2. The Morgan fingerprint density at radius 2 is 2.27 bits per heavy atom. The molecule has 1 amide bonds. The average Bonchev–Trinajstić information content (AvgIpc) is 3.37. The molecule has 1 saturated heterocycles. The predicted octanol–water partition coefficient (Wildman–Crippen LogP) is 3.92. The lowest BCUT2D eigenvalue weighted by Crippen LogP contribution is -2.38. The van der Waals surface area contributed by atoms with Crippen LogP contribution in [0.2, 0.25) is 0 Å². The highest BCUT2D eigenvalue weighted by Crippen LogP contribution is 2.38. The first kappa shape index (κ1) is 17.5. The molecule has 4 rings (SSSR count). The first-order chi connectivity index (χ1) is 12.5. The molecule has 0 unspecified atom stereocenters. The second-order valence-electron chi connectivity index (χ2n) is 7.85. The fraction of sp³-hybridized carbons (Fsp3) is 0.550. The van der Waals surface area contributed by atoms with Crippen LogP contribution < -0.4 is 4.90 Å². The summed E-state index contributed by atoms with van der Waals surface area (Å²) in [7, 11) is 1.99. The Balaban J connectivity index is 1.53. The van der Waals surface area contributed by atoms with Crippen LogP contribution in [0.15, 0.2) is 23.7 Å². The molecule has 26 heavy (non-hydrogen) atoms. The first-order valence-corrected chi connectivity index (χ1v) is 10.3. The summed E-state index contributed by atoms with van der Waals surface area (Å²) in [6.07, 6.45) is 5.36. The predicted molar refractivity (Wildman–Crippen MR) is 105 cm³/mol. The molecule has 2 aliphatic rings.